The number of hydrogen-bond acceptors (Lipinski definition) is 7. The van der Waals surface area contributed by atoms with Crippen molar-refractivity contribution in [2.24, 2.45) is 5.10 Å². The van der Waals surface area contributed by atoms with Gasteiger partial charge in [0.25, 0.3) is 5.56 Å². The predicted molar refractivity (Wildman–Crippen MR) is 138 cm³/mol. The average molecular weight is 595 g/mol. The SMILES string of the molecule is CC[C@@H](C)c1nc2ccc(Br)cc2c(=O)n1N=Cc1cc(Br)cc(OC)c1O[C@H](C)C(=O)OC. The number of hydrogen-bond donors (Lipinski definition) is 0. The van der Waals surface area contributed by atoms with E-state index in [0.29, 0.717) is 38.3 Å². The molecule has 3 rings (SSSR count). The van der Waals surface area contributed by atoms with Gasteiger partial charge in [-0.1, -0.05) is 45.7 Å². The molecule has 2 atom stereocenters. The molecule has 0 saturated carbocycles. The molecule has 0 N–H and O–H groups in total. The summed E-state index contributed by atoms with van der Waals surface area (Å²) in [5, 5.41) is 4.95. The lowest BCUT2D eigenvalue weighted by atomic mass is 10.1. The normalized spacial score (nSPS) is 13.1. The van der Waals surface area contributed by atoms with Gasteiger partial charge in [-0.05, 0) is 43.7 Å². The molecule has 180 valence electrons. The molecule has 2 aromatic carbocycles. The minimum Gasteiger partial charge on any atom is -0.493 e. The lowest BCUT2D eigenvalue weighted by Gasteiger charge is -2.18. The van der Waals surface area contributed by atoms with Crippen LogP contribution in [0.5, 0.6) is 11.5 Å². The fourth-order valence-electron chi connectivity index (χ4n) is 3.25. The maximum absolute atomic E-state index is 13.4. The summed E-state index contributed by atoms with van der Waals surface area (Å²) in [4.78, 5) is 30.0. The van der Waals surface area contributed by atoms with Crippen molar-refractivity contribution in [2.75, 3.05) is 14.2 Å². The Bertz CT molecular complexity index is 1310. The summed E-state index contributed by atoms with van der Waals surface area (Å²) in [5.74, 6) is 0.687. The number of esters is 1. The highest BCUT2D eigenvalue weighted by molar-refractivity contribution is 9.10. The van der Waals surface area contributed by atoms with Gasteiger partial charge in [0.2, 0.25) is 0 Å². The van der Waals surface area contributed by atoms with E-state index in [1.54, 1.807) is 31.2 Å². The standard InChI is InChI=1S/C24H25Br2N3O5/c1-6-13(2)22-28-19-8-7-16(25)10-18(19)23(30)29(22)27-12-15-9-17(26)11-20(32-4)21(15)34-14(3)24(31)33-5/h7-14H,6H2,1-5H3/t13-,14-/m1/s1. The summed E-state index contributed by atoms with van der Waals surface area (Å²) < 4.78 is 18.9. The maximum Gasteiger partial charge on any atom is 0.346 e. The van der Waals surface area contributed by atoms with E-state index in [0.717, 1.165) is 10.9 Å². The highest BCUT2D eigenvalue weighted by Gasteiger charge is 2.21. The fourth-order valence-corrected chi connectivity index (χ4v) is 4.07. The van der Waals surface area contributed by atoms with Crippen LogP contribution in [0.2, 0.25) is 0 Å². The summed E-state index contributed by atoms with van der Waals surface area (Å²) in [5.41, 5.74) is 0.818. The topological polar surface area (TPSA) is 92.0 Å². The Morgan fingerprint density at radius 1 is 1.18 bits per heavy atom. The molecule has 10 heteroatoms. The molecule has 0 aliphatic carbocycles. The van der Waals surface area contributed by atoms with Crippen LogP contribution in [0.25, 0.3) is 10.9 Å². The van der Waals surface area contributed by atoms with E-state index in [-0.39, 0.29) is 11.5 Å². The van der Waals surface area contributed by atoms with Gasteiger partial charge in [0.05, 0.1) is 31.3 Å². The van der Waals surface area contributed by atoms with Gasteiger partial charge in [-0.3, -0.25) is 4.79 Å². The number of methoxy groups -OCH3 is 2. The molecule has 34 heavy (non-hydrogen) atoms. The van der Waals surface area contributed by atoms with Crippen LogP contribution >= 0.6 is 31.9 Å². The number of fused-ring (bicyclic) bond motifs is 1. The number of benzene rings is 2. The van der Waals surface area contributed by atoms with Crippen LogP contribution in [0.1, 0.15) is 44.5 Å². The van der Waals surface area contributed by atoms with Gasteiger partial charge >= 0.3 is 5.97 Å². The molecule has 0 spiro atoms. The summed E-state index contributed by atoms with van der Waals surface area (Å²) in [6.45, 7) is 5.59. The molecular weight excluding hydrogens is 570 g/mol. The molecule has 8 nitrogen and oxygen atoms in total. The quantitative estimate of drug-likeness (QED) is 0.261. The number of aromatic nitrogens is 2. The molecule has 0 unspecified atom stereocenters. The Labute approximate surface area is 214 Å². The number of rotatable bonds is 8. The van der Waals surface area contributed by atoms with Crippen molar-refractivity contribution >= 4 is 54.9 Å². The third-order valence-corrected chi connectivity index (χ3v) is 6.25. The minimum atomic E-state index is -0.884. The van der Waals surface area contributed by atoms with Crippen molar-refractivity contribution < 1.29 is 19.0 Å². The number of halogens is 2. The number of ether oxygens (including phenoxy) is 3. The first-order valence-corrected chi connectivity index (χ1v) is 12.2. The van der Waals surface area contributed by atoms with Gasteiger partial charge in [0.15, 0.2) is 17.6 Å². The number of carbonyl (C=O) groups is 1. The van der Waals surface area contributed by atoms with E-state index < -0.39 is 12.1 Å². The van der Waals surface area contributed by atoms with Gasteiger partial charge < -0.3 is 14.2 Å². The van der Waals surface area contributed by atoms with Crippen LogP contribution in [-0.2, 0) is 9.53 Å². The van der Waals surface area contributed by atoms with Crippen LogP contribution in [0.4, 0.5) is 0 Å². The van der Waals surface area contributed by atoms with E-state index in [1.807, 2.05) is 19.9 Å². The van der Waals surface area contributed by atoms with Crippen molar-refractivity contribution in [3.8, 4) is 11.5 Å². The van der Waals surface area contributed by atoms with Crippen LogP contribution in [0.15, 0.2) is 49.2 Å². The highest BCUT2D eigenvalue weighted by Crippen LogP contribution is 2.35. The lowest BCUT2D eigenvalue weighted by Crippen LogP contribution is -2.26. The molecule has 0 aliphatic heterocycles. The predicted octanol–water partition coefficient (Wildman–Crippen LogP) is 5.27. The van der Waals surface area contributed by atoms with Crippen LogP contribution < -0.4 is 15.0 Å². The molecule has 0 bridgehead atoms. The van der Waals surface area contributed by atoms with Gasteiger partial charge in [0.1, 0.15) is 5.82 Å². The Morgan fingerprint density at radius 3 is 2.56 bits per heavy atom. The molecule has 1 aromatic heterocycles. The molecule has 0 saturated heterocycles. The Balaban J connectivity index is 2.19. The maximum atomic E-state index is 13.4. The zero-order valence-corrected chi connectivity index (χ0v) is 22.6. The first-order chi connectivity index (χ1) is 16.2. The number of carbonyl (C=O) groups excluding carboxylic acids is 1. The largest absolute Gasteiger partial charge is 0.493 e. The third kappa shape index (κ3) is 5.50. The van der Waals surface area contributed by atoms with Crippen LogP contribution in [-0.4, -0.2) is 42.2 Å². The molecule has 1 heterocycles. The summed E-state index contributed by atoms with van der Waals surface area (Å²) >= 11 is 6.87. The van der Waals surface area contributed by atoms with Gasteiger partial charge in [0, 0.05) is 20.4 Å². The van der Waals surface area contributed by atoms with Crippen molar-refractivity contribution in [2.45, 2.75) is 39.2 Å². The van der Waals surface area contributed by atoms with E-state index >= 15 is 0 Å². The molecule has 0 fully saturated rings. The third-order valence-electron chi connectivity index (χ3n) is 5.29. The lowest BCUT2D eigenvalue weighted by molar-refractivity contribution is -0.147. The van der Waals surface area contributed by atoms with E-state index in [2.05, 4.69) is 37.0 Å². The fraction of sp³-hybridized carbons (Fsp3) is 0.333. The highest BCUT2D eigenvalue weighted by atomic mass is 79.9. The first kappa shape index (κ1) is 25.9. The second kappa shape index (κ2) is 11.1. The monoisotopic (exact) mass is 593 g/mol. The molecule has 0 amide bonds. The zero-order valence-electron chi connectivity index (χ0n) is 19.5. The van der Waals surface area contributed by atoms with Gasteiger partial charge in [-0.15, -0.1) is 0 Å². The van der Waals surface area contributed by atoms with E-state index in [1.165, 1.54) is 25.1 Å². The van der Waals surface area contributed by atoms with Crippen molar-refractivity contribution in [3.05, 3.63) is 61.0 Å². The zero-order chi connectivity index (χ0) is 25.0. The molecular formula is C24H25Br2N3O5. The Morgan fingerprint density at radius 2 is 1.91 bits per heavy atom. The van der Waals surface area contributed by atoms with Crippen LogP contribution in [0, 0.1) is 0 Å². The van der Waals surface area contributed by atoms with Gasteiger partial charge in [-0.25, -0.2) is 9.78 Å². The average Bonchev–Trinajstić information content (AvgIpc) is 2.83. The Kier molecular flexibility index (Phi) is 8.48. The van der Waals surface area contributed by atoms with Crippen molar-refractivity contribution in [1.82, 2.24) is 9.66 Å². The molecule has 3 aromatic rings. The Hall–Kier alpha value is -2.72. The van der Waals surface area contributed by atoms with Crippen molar-refractivity contribution in [1.29, 1.82) is 0 Å². The van der Waals surface area contributed by atoms with E-state index in [9.17, 15) is 9.59 Å². The second-order valence-corrected chi connectivity index (χ2v) is 9.44. The first-order valence-electron chi connectivity index (χ1n) is 10.6. The van der Waals surface area contributed by atoms with Gasteiger partial charge in [-0.2, -0.15) is 9.78 Å². The van der Waals surface area contributed by atoms with Crippen molar-refractivity contribution in [3.63, 3.8) is 0 Å². The summed E-state index contributed by atoms with van der Waals surface area (Å²) in [6.07, 6.45) is 1.38. The summed E-state index contributed by atoms with van der Waals surface area (Å²) in [7, 11) is 2.78. The molecule has 0 aliphatic rings. The smallest absolute Gasteiger partial charge is 0.346 e. The van der Waals surface area contributed by atoms with Crippen LogP contribution in [0.3, 0.4) is 0 Å². The number of nitrogens with zero attached hydrogens (tertiary/aromatic N) is 3. The molecule has 0 radical (unpaired) electrons. The minimum absolute atomic E-state index is 0.00925. The van der Waals surface area contributed by atoms with E-state index in [4.69, 9.17) is 19.2 Å². The summed E-state index contributed by atoms with van der Waals surface area (Å²) in [6, 6.07) is 8.85. The second-order valence-electron chi connectivity index (χ2n) is 7.61.